The largest absolute Gasteiger partial charge is 0.481 e. The molecule has 0 rings (SSSR count). The molecule has 0 unspecified atom stereocenters. The van der Waals surface area contributed by atoms with Crippen LogP contribution in [0, 0.1) is 17.8 Å². The van der Waals surface area contributed by atoms with Gasteiger partial charge in [0.2, 0.25) is 23.6 Å². The average molecular weight is 790 g/mol. The van der Waals surface area contributed by atoms with Gasteiger partial charge in [0, 0.05) is 26.9 Å². The van der Waals surface area contributed by atoms with Gasteiger partial charge in [-0.3, -0.25) is 38.8 Å². The Kier molecular flexibility index (Phi) is 29.7. The number of aliphatic carboxylic acids is 3. The molecule has 4 amide bonds. The summed E-state index contributed by atoms with van der Waals surface area (Å²) < 4.78 is 0. The number of nitrogens with zero attached hydrogens (tertiary/aromatic N) is 2. The van der Waals surface area contributed by atoms with Crippen molar-refractivity contribution in [2.45, 2.75) is 131 Å². The Labute approximate surface area is 323 Å². The highest BCUT2D eigenvalue weighted by molar-refractivity contribution is 5.95. The van der Waals surface area contributed by atoms with Crippen molar-refractivity contribution in [3.8, 4) is 0 Å². The molecule has 0 saturated heterocycles. The van der Waals surface area contributed by atoms with E-state index in [4.69, 9.17) is 48.5 Å². The second kappa shape index (κ2) is 30.2. The fourth-order valence-electron chi connectivity index (χ4n) is 4.56. The van der Waals surface area contributed by atoms with Crippen molar-refractivity contribution in [2.24, 2.45) is 56.4 Å². The second-order valence-corrected chi connectivity index (χ2v) is 13.4. The summed E-state index contributed by atoms with van der Waals surface area (Å²) in [5.74, 6) is -6.24. The van der Waals surface area contributed by atoms with Gasteiger partial charge in [-0.25, -0.2) is 4.79 Å². The van der Waals surface area contributed by atoms with E-state index in [9.17, 15) is 29.1 Å². The first kappa shape index (κ1) is 54.1. The molecule has 21 heteroatoms. The molecule has 0 saturated carbocycles. The molecule has 21 nitrogen and oxygen atoms in total. The van der Waals surface area contributed by atoms with Crippen molar-refractivity contribution in [1.29, 1.82) is 0 Å². The molecule has 0 fully saturated rings. The first-order valence-corrected chi connectivity index (χ1v) is 18.1. The molecule has 0 radical (unpaired) electrons. The number of carbonyl (C=O) groups is 7. The summed E-state index contributed by atoms with van der Waals surface area (Å²) in [5.41, 5.74) is 27.5. The summed E-state index contributed by atoms with van der Waals surface area (Å²) in [6, 6.07) is -5.30. The number of carboxylic acid groups (broad SMARTS) is 3. The van der Waals surface area contributed by atoms with Crippen molar-refractivity contribution in [3.63, 3.8) is 0 Å². The smallest absolute Gasteiger partial charge is 0.326 e. The number of aliphatic imine (C=N–C) groups is 2. The molecule has 0 aliphatic heterocycles. The van der Waals surface area contributed by atoms with Crippen LogP contribution in [0.1, 0.15) is 100 Å². The molecule has 0 aromatic carbocycles. The Morgan fingerprint density at radius 1 is 0.582 bits per heavy atom. The highest BCUT2D eigenvalue weighted by Crippen LogP contribution is 2.13. The Morgan fingerprint density at radius 2 is 0.964 bits per heavy atom. The van der Waals surface area contributed by atoms with Crippen LogP contribution in [0.4, 0.5) is 0 Å². The fraction of sp³-hybridized carbons (Fsp3) is 0.735. The predicted molar refractivity (Wildman–Crippen MR) is 208 cm³/mol. The summed E-state index contributed by atoms with van der Waals surface area (Å²) >= 11 is 0. The summed E-state index contributed by atoms with van der Waals surface area (Å²) in [4.78, 5) is 91.1. The van der Waals surface area contributed by atoms with Crippen molar-refractivity contribution >= 4 is 53.5 Å². The van der Waals surface area contributed by atoms with Gasteiger partial charge >= 0.3 is 5.97 Å². The molecule has 7 atom stereocenters. The highest BCUT2D eigenvalue weighted by Gasteiger charge is 2.34. The Bertz CT molecular complexity index is 1250. The van der Waals surface area contributed by atoms with Crippen LogP contribution < -0.4 is 49.9 Å². The highest BCUT2D eigenvalue weighted by atomic mass is 16.4. The number of hydrogen-bond acceptors (Lipinski definition) is 10. The third-order valence-electron chi connectivity index (χ3n) is 7.79. The van der Waals surface area contributed by atoms with E-state index in [-0.39, 0.29) is 55.5 Å². The number of nitrogens with one attached hydrogen (secondary N) is 4. The van der Waals surface area contributed by atoms with E-state index in [1.807, 2.05) is 20.8 Å². The van der Waals surface area contributed by atoms with E-state index in [0.29, 0.717) is 32.2 Å². The van der Waals surface area contributed by atoms with Crippen molar-refractivity contribution in [2.75, 3.05) is 13.1 Å². The van der Waals surface area contributed by atoms with Gasteiger partial charge in [-0.2, -0.15) is 0 Å². The number of amides is 4. The molecule has 17 N–H and O–H groups in total. The van der Waals surface area contributed by atoms with Crippen LogP contribution >= 0.6 is 0 Å². The lowest BCUT2D eigenvalue weighted by Crippen LogP contribution is -2.60. The van der Waals surface area contributed by atoms with Crippen molar-refractivity contribution < 1.29 is 48.9 Å². The minimum Gasteiger partial charge on any atom is -0.481 e. The minimum absolute atomic E-state index is 0.0442. The van der Waals surface area contributed by atoms with Crippen LogP contribution in [0.2, 0.25) is 0 Å². The third kappa shape index (κ3) is 28.9. The molecular weight excluding hydrogens is 722 g/mol. The van der Waals surface area contributed by atoms with E-state index in [1.54, 1.807) is 20.8 Å². The second-order valence-electron chi connectivity index (χ2n) is 13.4. The van der Waals surface area contributed by atoms with E-state index in [0.717, 1.165) is 13.8 Å². The molecule has 0 spiro atoms. The SMILES string of the molecule is CC(=O)O.CC(=O)O.CC[C@H](C)[C@H](NC(=O)[C@H](CCCN=C(N)N)NC(=O)[C@@H](CC(C)C)NC(=O)[C@H](NC(=O)[C@H](N)CCCN=C(N)N)[C@@H](C)CC)C(=O)O. The molecule has 0 aromatic rings. The van der Waals surface area contributed by atoms with Gasteiger partial charge in [-0.1, -0.05) is 54.4 Å². The Hall–Kier alpha value is -5.21. The third-order valence-corrected chi connectivity index (χ3v) is 7.79. The molecule has 55 heavy (non-hydrogen) atoms. The standard InChI is InChI=1S/C30H59N11O6.2C2H4O2/c1-7-17(5)22(40-24(42)19(31)11-9-13-36-29(32)33)27(45)39-21(15-16(3)4)26(44)38-20(12-10-14-37-30(34)35)25(43)41-23(28(46)47)18(6)8-2;2*1-2(3)4/h16-23H,7-15,31H2,1-6H3,(H,38,44)(H,39,45)(H,40,42)(H,41,43)(H,46,47)(H4,32,33,36)(H4,34,35,37);2*1H3,(H,3,4)/t17-,18-,19+,20-,21+,22+,23-;;/m0../s1. The van der Waals surface area contributed by atoms with Crippen molar-refractivity contribution in [1.82, 2.24) is 21.3 Å². The minimum atomic E-state index is -1.20. The normalized spacial score (nSPS) is 14.1. The molecule has 0 aliphatic carbocycles. The maximum absolute atomic E-state index is 13.6. The van der Waals surface area contributed by atoms with E-state index in [1.165, 1.54) is 0 Å². The monoisotopic (exact) mass is 790 g/mol. The molecular formula is C34H67N11O10. The van der Waals surface area contributed by atoms with Crippen LogP contribution in [0.5, 0.6) is 0 Å². The average Bonchev–Trinajstić information content (AvgIpc) is 3.06. The van der Waals surface area contributed by atoms with E-state index in [2.05, 4.69) is 31.3 Å². The van der Waals surface area contributed by atoms with E-state index < -0.39 is 71.7 Å². The number of hydrogen-bond donors (Lipinski definition) is 12. The zero-order valence-electron chi connectivity index (χ0n) is 33.5. The Balaban J connectivity index is -0.00000305. The van der Waals surface area contributed by atoms with Gasteiger partial charge in [0.25, 0.3) is 11.9 Å². The quantitative estimate of drug-likeness (QED) is 0.0327. The zero-order chi connectivity index (χ0) is 43.4. The van der Waals surface area contributed by atoms with Gasteiger partial charge in [0.15, 0.2) is 11.9 Å². The van der Waals surface area contributed by atoms with Crippen LogP contribution in [0.25, 0.3) is 0 Å². The lowest BCUT2D eigenvalue weighted by Gasteiger charge is -2.29. The molecule has 0 heterocycles. The molecule has 0 aliphatic rings. The first-order valence-electron chi connectivity index (χ1n) is 18.1. The lowest BCUT2D eigenvalue weighted by molar-refractivity contribution is -0.144. The Morgan fingerprint density at radius 3 is 1.36 bits per heavy atom. The zero-order valence-corrected chi connectivity index (χ0v) is 33.5. The number of rotatable bonds is 23. The van der Waals surface area contributed by atoms with Crippen LogP contribution in [0.15, 0.2) is 9.98 Å². The van der Waals surface area contributed by atoms with Crippen LogP contribution in [-0.2, 0) is 33.6 Å². The topological polar surface area (TPSA) is 383 Å². The first-order chi connectivity index (χ1) is 25.4. The number of guanidine groups is 2. The lowest BCUT2D eigenvalue weighted by atomic mass is 9.96. The maximum Gasteiger partial charge on any atom is 0.326 e. The summed E-state index contributed by atoms with van der Waals surface area (Å²) in [6.45, 7) is 13.5. The summed E-state index contributed by atoms with van der Waals surface area (Å²) in [7, 11) is 0. The fourth-order valence-corrected chi connectivity index (χ4v) is 4.56. The molecule has 0 aromatic heterocycles. The van der Waals surface area contributed by atoms with Crippen LogP contribution in [-0.4, -0.2) is 112 Å². The van der Waals surface area contributed by atoms with Gasteiger partial charge < -0.3 is 65.3 Å². The molecule has 0 bridgehead atoms. The van der Waals surface area contributed by atoms with Crippen molar-refractivity contribution in [3.05, 3.63) is 0 Å². The molecule has 318 valence electrons. The number of carbonyl (C=O) groups excluding carboxylic acids is 4. The van der Waals surface area contributed by atoms with Gasteiger partial charge in [0.1, 0.15) is 24.2 Å². The van der Waals surface area contributed by atoms with E-state index >= 15 is 0 Å². The summed E-state index contributed by atoms with van der Waals surface area (Å²) in [6.07, 6.45) is 2.38. The van der Waals surface area contributed by atoms with Gasteiger partial charge in [0.05, 0.1) is 6.04 Å². The van der Waals surface area contributed by atoms with Gasteiger partial charge in [-0.05, 0) is 49.9 Å². The predicted octanol–water partition coefficient (Wildman–Crippen LogP) is -1.24. The van der Waals surface area contributed by atoms with Gasteiger partial charge in [-0.15, -0.1) is 0 Å². The van der Waals surface area contributed by atoms with Crippen LogP contribution in [0.3, 0.4) is 0 Å². The number of nitrogens with two attached hydrogens (primary N) is 5. The maximum atomic E-state index is 13.6. The number of carboxylic acids is 3. The summed E-state index contributed by atoms with van der Waals surface area (Å²) in [5, 5.41) is 35.2.